The Labute approximate surface area is 187 Å². The Morgan fingerprint density at radius 2 is 1.87 bits per heavy atom. The number of carbonyl (C=O) groups is 1. The van der Waals surface area contributed by atoms with E-state index in [2.05, 4.69) is 21.6 Å². The van der Waals surface area contributed by atoms with E-state index in [1.165, 1.54) is 11.8 Å². The number of ether oxygens (including phenoxy) is 2. The summed E-state index contributed by atoms with van der Waals surface area (Å²) in [6.07, 6.45) is -0.270. The van der Waals surface area contributed by atoms with Crippen molar-refractivity contribution < 1.29 is 14.3 Å². The molecule has 31 heavy (non-hydrogen) atoms. The van der Waals surface area contributed by atoms with Crippen LogP contribution in [0.25, 0.3) is 0 Å². The number of hydrogen-bond donors (Lipinski definition) is 1. The molecule has 1 atom stereocenters. The second-order valence-electron chi connectivity index (χ2n) is 7.24. The summed E-state index contributed by atoms with van der Waals surface area (Å²) >= 11 is 1.35. The van der Waals surface area contributed by atoms with Gasteiger partial charge in [0.2, 0.25) is 5.91 Å². The highest BCUT2D eigenvalue weighted by molar-refractivity contribution is 7.99. The topological polar surface area (TPSA) is 78.3 Å². The predicted octanol–water partition coefficient (Wildman–Crippen LogP) is 4.79. The van der Waals surface area contributed by atoms with Crippen molar-refractivity contribution in [3.63, 3.8) is 0 Å². The third kappa shape index (κ3) is 6.01. The Bertz CT molecular complexity index is 1030. The van der Waals surface area contributed by atoms with E-state index in [4.69, 9.17) is 9.47 Å². The van der Waals surface area contributed by atoms with E-state index < -0.39 is 0 Å². The number of anilines is 1. The largest absolute Gasteiger partial charge is 0.497 e. The average Bonchev–Trinajstić information content (AvgIpc) is 3.14. The number of nitrogens with zero attached hydrogens (tertiary/aromatic N) is 3. The lowest BCUT2D eigenvalue weighted by Gasteiger charge is -2.16. The number of thioether (sulfide) groups is 1. The van der Waals surface area contributed by atoms with E-state index in [0.717, 1.165) is 22.7 Å². The van der Waals surface area contributed by atoms with Gasteiger partial charge >= 0.3 is 0 Å². The number of amides is 1. The van der Waals surface area contributed by atoms with Crippen LogP contribution in [-0.2, 0) is 11.3 Å². The van der Waals surface area contributed by atoms with Gasteiger partial charge in [-0.15, -0.1) is 10.2 Å². The minimum atomic E-state index is -0.270. The highest BCUT2D eigenvalue weighted by atomic mass is 32.2. The van der Waals surface area contributed by atoms with Crippen molar-refractivity contribution in [3.8, 4) is 11.5 Å². The second-order valence-corrected chi connectivity index (χ2v) is 8.18. The number of hydrogen-bond acceptors (Lipinski definition) is 6. The lowest BCUT2D eigenvalue weighted by atomic mass is 10.1. The Kier molecular flexibility index (Phi) is 7.57. The quantitative estimate of drug-likeness (QED) is 0.482. The third-order valence-electron chi connectivity index (χ3n) is 4.62. The molecule has 1 N–H and O–H groups in total. The fraction of sp³-hybridized carbons (Fsp3) is 0.348. The van der Waals surface area contributed by atoms with Crippen LogP contribution in [0.2, 0.25) is 0 Å². The molecule has 1 aromatic heterocycles. The van der Waals surface area contributed by atoms with Crippen LogP contribution >= 0.6 is 11.8 Å². The zero-order valence-electron chi connectivity index (χ0n) is 18.5. The van der Waals surface area contributed by atoms with Crippen LogP contribution in [0.5, 0.6) is 11.5 Å². The molecule has 0 aliphatic heterocycles. The normalized spacial score (nSPS) is 11.8. The molecule has 2 aromatic carbocycles. The maximum atomic E-state index is 12.4. The summed E-state index contributed by atoms with van der Waals surface area (Å²) in [6.45, 7) is 8.76. The van der Waals surface area contributed by atoms with Crippen LogP contribution in [-0.4, -0.2) is 33.5 Å². The Morgan fingerprint density at radius 3 is 2.55 bits per heavy atom. The average molecular weight is 441 g/mol. The zero-order valence-corrected chi connectivity index (χ0v) is 19.3. The Hall–Kier alpha value is -3.00. The van der Waals surface area contributed by atoms with Gasteiger partial charge in [-0.25, -0.2) is 0 Å². The van der Waals surface area contributed by atoms with Gasteiger partial charge < -0.3 is 19.4 Å². The summed E-state index contributed by atoms with van der Waals surface area (Å²) < 4.78 is 13.3. The van der Waals surface area contributed by atoms with Crippen LogP contribution < -0.4 is 14.8 Å². The molecule has 1 unspecified atom stereocenters. The fourth-order valence-corrected chi connectivity index (χ4v) is 4.10. The highest BCUT2D eigenvalue weighted by Crippen LogP contribution is 2.26. The summed E-state index contributed by atoms with van der Waals surface area (Å²) in [5.74, 6) is 2.34. The van der Waals surface area contributed by atoms with Crippen LogP contribution in [0.3, 0.4) is 0 Å². The maximum absolute atomic E-state index is 12.4. The van der Waals surface area contributed by atoms with Gasteiger partial charge in [0.1, 0.15) is 11.5 Å². The molecule has 1 amide bonds. The summed E-state index contributed by atoms with van der Waals surface area (Å²) in [5, 5.41) is 12.2. The van der Waals surface area contributed by atoms with Crippen LogP contribution in [0, 0.1) is 13.8 Å². The molecule has 0 spiro atoms. The van der Waals surface area contributed by atoms with Crippen LogP contribution in [0.4, 0.5) is 5.69 Å². The molecule has 0 saturated heterocycles. The SMILES string of the molecule is CCn1c(SCC(=O)Nc2cccc(OC)c2)nnc1C(C)Oc1cc(C)cc(C)c1. The summed E-state index contributed by atoms with van der Waals surface area (Å²) in [7, 11) is 1.59. The van der Waals surface area contributed by atoms with Crippen molar-refractivity contribution in [3.05, 3.63) is 59.4 Å². The van der Waals surface area contributed by atoms with E-state index in [0.29, 0.717) is 23.1 Å². The Balaban J connectivity index is 1.64. The lowest BCUT2D eigenvalue weighted by molar-refractivity contribution is -0.113. The highest BCUT2D eigenvalue weighted by Gasteiger charge is 2.19. The van der Waals surface area contributed by atoms with Gasteiger partial charge in [-0.05, 0) is 63.1 Å². The van der Waals surface area contributed by atoms with Crippen molar-refractivity contribution in [1.29, 1.82) is 0 Å². The molecule has 3 rings (SSSR count). The molecule has 0 fully saturated rings. The first kappa shape index (κ1) is 22.7. The Morgan fingerprint density at radius 1 is 1.13 bits per heavy atom. The molecule has 0 radical (unpaired) electrons. The zero-order chi connectivity index (χ0) is 22.4. The molecule has 0 aliphatic rings. The van der Waals surface area contributed by atoms with Crippen molar-refractivity contribution >= 4 is 23.4 Å². The minimum absolute atomic E-state index is 0.120. The number of carbonyl (C=O) groups excluding carboxylic acids is 1. The van der Waals surface area contributed by atoms with Gasteiger partial charge in [-0.1, -0.05) is 23.9 Å². The standard InChI is InChI=1S/C23H28N4O3S/c1-6-27-22(17(4)30-20-11-15(2)10-16(3)12-20)25-26-23(27)31-14-21(28)24-18-8-7-9-19(13-18)29-5/h7-13,17H,6,14H2,1-5H3,(H,24,28). The monoisotopic (exact) mass is 440 g/mol. The van der Waals surface area contributed by atoms with E-state index in [-0.39, 0.29) is 17.8 Å². The predicted molar refractivity (Wildman–Crippen MR) is 123 cm³/mol. The molecular weight excluding hydrogens is 412 g/mol. The van der Waals surface area contributed by atoms with Gasteiger partial charge in [0.05, 0.1) is 12.9 Å². The smallest absolute Gasteiger partial charge is 0.234 e. The van der Waals surface area contributed by atoms with E-state index in [1.807, 2.05) is 62.6 Å². The molecule has 164 valence electrons. The fourth-order valence-electron chi connectivity index (χ4n) is 3.29. The molecular formula is C23H28N4O3S. The number of rotatable bonds is 9. The number of benzene rings is 2. The van der Waals surface area contributed by atoms with E-state index in [1.54, 1.807) is 13.2 Å². The number of aromatic nitrogens is 3. The number of nitrogens with one attached hydrogen (secondary N) is 1. The van der Waals surface area contributed by atoms with Gasteiger partial charge in [-0.2, -0.15) is 0 Å². The molecule has 0 aliphatic carbocycles. The van der Waals surface area contributed by atoms with Crippen molar-refractivity contribution in [2.75, 3.05) is 18.2 Å². The van der Waals surface area contributed by atoms with Crippen molar-refractivity contribution in [2.45, 2.75) is 45.5 Å². The third-order valence-corrected chi connectivity index (χ3v) is 5.59. The summed E-state index contributed by atoms with van der Waals surface area (Å²) in [4.78, 5) is 12.4. The van der Waals surface area contributed by atoms with Crippen molar-refractivity contribution in [1.82, 2.24) is 14.8 Å². The lowest BCUT2D eigenvalue weighted by Crippen LogP contribution is -2.15. The molecule has 8 heteroatoms. The van der Waals surface area contributed by atoms with Gasteiger partial charge in [-0.3, -0.25) is 4.79 Å². The van der Waals surface area contributed by atoms with Gasteiger partial charge in [0, 0.05) is 18.3 Å². The molecule has 0 saturated carbocycles. The first-order chi connectivity index (χ1) is 14.9. The first-order valence-electron chi connectivity index (χ1n) is 10.1. The maximum Gasteiger partial charge on any atom is 0.234 e. The van der Waals surface area contributed by atoms with Crippen molar-refractivity contribution in [2.24, 2.45) is 0 Å². The number of aryl methyl sites for hydroxylation is 2. The van der Waals surface area contributed by atoms with E-state index in [9.17, 15) is 4.79 Å². The summed E-state index contributed by atoms with van der Waals surface area (Å²) in [6, 6.07) is 13.4. The van der Waals surface area contributed by atoms with Crippen LogP contribution in [0.1, 0.15) is 36.9 Å². The van der Waals surface area contributed by atoms with Gasteiger partial charge in [0.15, 0.2) is 17.1 Å². The first-order valence-corrected chi connectivity index (χ1v) is 11.1. The van der Waals surface area contributed by atoms with Crippen LogP contribution in [0.15, 0.2) is 47.6 Å². The molecule has 0 bridgehead atoms. The molecule has 7 nitrogen and oxygen atoms in total. The molecule has 1 heterocycles. The number of methoxy groups -OCH3 is 1. The van der Waals surface area contributed by atoms with E-state index >= 15 is 0 Å². The minimum Gasteiger partial charge on any atom is -0.497 e. The second kappa shape index (κ2) is 10.3. The van der Waals surface area contributed by atoms with Gasteiger partial charge in [0.25, 0.3) is 0 Å². The summed E-state index contributed by atoms with van der Waals surface area (Å²) in [5.41, 5.74) is 2.99. The molecule has 3 aromatic rings.